The van der Waals surface area contributed by atoms with E-state index in [1.54, 1.807) is 11.3 Å². The largest absolute Gasteiger partial charge is 0.348 e. The van der Waals surface area contributed by atoms with Crippen molar-refractivity contribution in [3.05, 3.63) is 21.9 Å². The second-order valence-corrected chi connectivity index (χ2v) is 7.12. The highest BCUT2D eigenvalue weighted by atomic mass is 32.1. The van der Waals surface area contributed by atoms with Gasteiger partial charge in [-0.15, -0.1) is 11.3 Å². The summed E-state index contributed by atoms with van der Waals surface area (Å²) >= 11 is 1.59. The van der Waals surface area contributed by atoms with Crippen LogP contribution >= 0.6 is 11.3 Å². The van der Waals surface area contributed by atoms with Gasteiger partial charge in [0.25, 0.3) is 5.91 Å². The van der Waals surface area contributed by atoms with Gasteiger partial charge in [0, 0.05) is 10.9 Å². The Balaban J connectivity index is 1.65. The van der Waals surface area contributed by atoms with Crippen LogP contribution in [0.15, 0.2) is 12.1 Å². The van der Waals surface area contributed by atoms with E-state index in [1.807, 2.05) is 19.1 Å². The van der Waals surface area contributed by atoms with Crippen LogP contribution in [0.2, 0.25) is 0 Å². The SMILES string of the molecule is Cc1ccc(C(=O)NC(C2CCNCC2)C2CC2)s1. The average Bonchev–Trinajstić information content (AvgIpc) is 3.18. The van der Waals surface area contributed by atoms with Gasteiger partial charge in [-0.2, -0.15) is 0 Å². The molecule has 2 fully saturated rings. The maximum absolute atomic E-state index is 12.3. The van der Waals surface area contributed by atoms with Crippen molar-refractivity contribution >= 4 is 17.2 Å². The van der Waals surface area contributed by atoms with E-state index in [0.717, 1.165) is 23.9 Å². The van der Waals surface area contributed by atoms with Gasteiger partial charge in [-0.3, -0.25) is 4.79 Å². The van der Waals surface area contributed by atoms with Gasteiger partial charge >= 0.3 is 0 Å². The Morgan fingerprint density at radius 2 is 1.95 bits per heavy atom. The number of aryl methyl sites for hydroxylation is 1. The predicted molar refractivity (Wildman–Crippen MR) is 78.6 cm³/mol. The van der Waals surface area contributed by atoms with Crippen molar-refractivity contribution in [2.24, 2.45) is 11.8 Å². The lowest BCUT2D eigenvalue weighted by atomic mass is 9.87. The van der Waals surface area contributed by atoms with Crippen molar-refractivity contribution in [3.8, 4) is 0 Å². The molecule has 19 heavy (non-hydrogen) atoms. The van der Waals surface area contributed by atoms with Crippen molar-refractivity contribution in [2.45, 2.75) is 38.6 Å². The first-order valence-corrected chi connectivity index (χ1v) is 8.13. The van der Waals surface area contributed by atoms with E-state index in [-0.39, 0.29) is 5.91 Å². The standard InChI is InChI=1S/C15H22N2OS/c1-10-2-5-13(19-10)15(18)17-14(11-3-4-11)12-6-8-16-9-7-12/h2,5,11-12,14,16H,3-4,6-9H2,1H3,(H,17,18). The maximum atomic E-state index is 12.3. The van der Waals surface area contributed by atoms with E-state index in [1.165, 1.54) is 30.6 Å². The number of piperidine rings is 1. The van der Waals surface area contributed by atoms with Crippen LogP contribution in [0.25, 0.3) is 0 Å². The molecular formula is C15H22N2OS. The lowest BCUT2D eigenvalue weighted by Gasteiger charge is -2.31. The molecule has 1 aliphatic carbocycles. The second kappa shape index (κ2) is 5.63. The highest BCUT2D eigenvalue weighted by molar-refractivity contribution is 7.13. The molecule has 2 aliphatic rings. The van der Waals surface area contributed by atoms with E-state index >= 15 is 0 Å². The minimum Gasteiger partial charge on any atom is -0.348 e. The quantitative estimate of drug-likeness (QED) is 0.889. The van der Waals surface area contributed by atoms with E-state index in [2.05, 4.69) is 10.6 Å². The first-order valence-electron chi connectivity index (χ1n) is 7.32. The molecule has 104 valence electrons. The number of nitrogens with one attached hydrogen (secondary N) is 2. The summed E-state index contributed by atoms with van der Waals surface area (Å²) in [4.78, 5) is 14.4. The van der Waals surface area contributed by atoms with Crippen molar-refractivity contribution in [3.63, 3.8) is 0 Å². The molecule has 1 aromatic heterocycles. The van der Waals surface area contributed by atoms with Gasteiger partial charge in [0.2, 0.25) is 0 Å². The number of carbonyl (C=O) groups is 1. The summed E-state index contributed by atoms with van der Waals surface area (Å²) < 4.78 is 0. The van der Waals surface area contributed by atoms with Crippen LogP contribution in [0, 0.1) is 18.8 Å². The Morgan fingerprint density at radius 3 is 2.53 bits per heavy atom. The van der Waals surface area contributed by atoms with Gasteiger partial charge in [-0.25, -0.2) is 0 Å². The molecule has 4 heteroatoms. The summed E-state index contributed by atoms with van der Waals surface area (Å²) in [7, 11) is 0. The fourth-order valence-corrected chi connectivity index (χ4v) is 3.83. The number of hydrogen-bond acceptors (Lipinski definition) is 3. The van der Waals surface area contributed by atoms with Crippen molar-refractivity contribution in [2.75, 3.05) is 13.1 Å². The number of rotatable bonds is 4. The minimum atomic E-state index is 0.133. The summed E-state index contributed by atoms with van der Waals surface area (Å²) in [6.07, 6.45) is 4.98. The zero-order valence-corrected chi connectivity index (χ0v) is 12.3. The second-order valence-electron chi connectivity index (χ2n) is 5.83. The Labute approximate surface area is 118 Å². The summed E-state index contributed by atoms with van der Waals surface area (Å²) in [5.41, 5.74) is 0. The topological polar surface area (TPSA) is 41.1 Å². The molecule has 1 unspecified atom stereocenters. The van der Waals surface area contributed by atoms with Gasteiger partial charge in [0.1, 0.15) is 0 Å². The van der Waals surface area contributed by atoms with Crippen LogP contribution in [-0.4, -0.2) is 25.0 Å². The van der Waals surface area contributed by atoms with Crippen molar-refractivity contribution in [1.29, 1.82) is 0 Å². The molecule has 0 bridgehead atoms. The van der Waals surface area contributed by atoms with E-state index < -0.39 is 0 Å². The summed E-state index contributed by atoms with van der Waals surface area (Å²) in [5.74, 6) is 1.53. The molecule has 1 saturated heterocycles. The van der Waals surface area contributed by atoms with E-state index in [0.29, 0.717) is 12.0 Å². The van der Waals surface area contributed by atoms with Gasteiger partial charge < -0.3 is 10.6 Å². The Hall–Kier alpha value is -0.870. The molecule has 2 heterocycles. The fraction of sp³-hybridized carbons (Fsp3) is 0.667. The Kier molecular flexibility index (Phi) is 3.89. The number of carbonyl (C=O) groups excluding carboxylic acids is 1. The molecule has 0 aromatic carbocycles. The first kappa shape index (κ1) is 13.1. The van der Waals surface area contributed by atoms with E-state index in [4.69, 9.17) is 0 Å². The smallest absolute Gasteiger partial charge is 0.261 e. The van der Waals surface area contributed by atoms with Crippen LogP contribution in [0.5, 0.6) is 0 Å². The van der Waals surface area contributed by atoms with E-state index in [9.17, 15) is 4.79 Å². The van der Waals surface area contributed by atoms with Gasteiger partial charge in [-0.1, -0.05) is 0 Å². The average molecular weight is 278 g/mol. The summed E-state index contributed by atoms with van der Waals surface area (Å²) in [6.45, 7) is 4.25. The molecule has 1 aromatic rings. The van der Waals surface area contributed by atoms with Crippen LogP contribution in [0.3, 0.4) is 0 Å². The highest BCUT2D eigenvalue weighted by Gasteiger charge is 2.38. The molecule has 1 saturated carbocycles. The van der Waals surface area contributed by atoms with Crippen LogP contribution in [-0.2, 0) is 0 Å². The molecule has 0 spiro atoms. The highest BCUT2D eigenvalue weighted by Crippen LogP contribution is 2.38. The lowest BCUT2D eigenvalue weighted by Crippen LogP contribution is -2.45. The zero-order chi connectivity index (χ0) is 13.2. The Bertz CT molecular complexity index is 447. The number of hydrogen-bond donors (Lipinski definition) is 2. The van der Waals surface area contributed by atoms with Crippen molar-refractivity contribution < 1.29 is 4.79 Å². The molecule has 0 radical (unpaired) electrons. The molecule has 2 N–H and O–H groups in total. The normalized spacial score (nSPS) is 22.2. The third kappa shape index (κ3) is 3.18. The van der Waals surface area contributed by atoms with Crippen LogP contribution < -0.4 is 10.6 Å². The number of amides is 1. The summed E-state index contributed by atoms with van der Waals surface area (Å²) in [5, 5.41) is 6.73. The van der Waals surface area contributed by atoms with Gasteiger partial charge in [0.05, 0.1) is 4.88 Å². The fourth-order valence-electron chi connectivity index (χ4n) is 3.06. The van der Waals surface area contributed by atoms with Gasteiger partial charge in [-0.05, 0) is 69.7 Å². The van der Waals surface area contributed by atoms with Crippen LogP contribution in [0.4, 0.5) is 0 Å². The third-order valence-corrected chi connectivity index (χ3v) is 5.28. The minimum absolute atomic E-state index is 0.133. The third-order valence-electron chi connectivity index (χ3n) is 4.28. The molecule has 3 nitrogen and oxygen atoms in total. The monoisotopic (exact) mass is 278 g/mol. The predicted octanol–water partition coefficient (Wildman–Crippen LogP) is 2.56. The maximum Gasteiger partial charge on any atom is 0.261 e. The number of thiophene rings is 1. The molecule has 1 amide bonds. The molecular weight excluding hydrogens is 256 g/mol. The summed E-state index contributed by atoms with van der Waals surface area (Å²) in [6, 6.07) is 4.37. The van der Waals surface area contributed by atoms with Crippen molar-refractivity contribution in [1.82, 2.24) is 10.6 Å². The molecule has 3 rings (SSSR count). The molecule has 1 aliphatic heterocycles. The molecule has 1 atom stereocenters. The zero-order valence-electron chi connectivity index (χ0n) is 11.4. The van der Waals surface area contributed by atoms with Gasteiger partial charge in [0.15, 0.2) is 0 Å². The Morgan fingerprint density at radius 1 is 1.26 bits per heavy atom. The van der Waals surface area contributed by atoms with Crippen LogP contribution in [0.1, 0.15) is 40.2 Å². The first-order chi connectivity index (χ1) is 9.24. The lowest BCUT2D eigenvalue weighted by molar-refractivity contribution is 0.0909.